The zero-order valence-corrected chi connectivity index (χ0v) is 28.7. The molecule has 2 aliphatic heterocycles. The average molecular weight is 769 g/mol. The number of benzene rings is 1. The van der Waals surface area contributed by atoms with Crippen LogP contribution in [0.4, 0.5) is 10.5 Å². The number of para-hydroxylation sites is 1. The van der Waals surface area contributed by atoms with Crippen molar-refractivity contribution in [2.45, 2.75) is 31.3 Å². The van der Waals surface area contributed by atoms with Gasteiger partial charge in [0.15, 0.2) is 0 Å². The SMILES string of the molecule is CC(/C=C1/Sc2ccccc2N1CCCS(=O)(=O)O)=c1/s/c(=c2\o/c(=C3\SC(=O)N(CC(=O)O)C3=O)n(CC(=O)O)c2=O)n(CC(=O)O)c1=O. The van der Waals surface area contributed by atoms with Crippen molar-refractivity contribution in [1.29, 1.82) is 0 Å². The maximum absolute atomic E-state index is 13.7. The van der Waals surface area contributed by atoms with Gasteiger partial charge in [-0.15, -0.1) is 11.3 Å². The molecule has 3 aromatic rings. The Balaban J connectivity index is 1.76. The molecule has 22 heteroatoms. The van der Waals surface area contributed by atoms with Gasteiger partial charge in [-0.1, -0.05) is 23.9 Å². The van der Waals surface area contributed by atoms with Crippen LogP contribution in [-0.2, 0) is 42.4 Å². The quantitative estimate of drug-likeness (QED) is 0.186. The number of hydrogen-bond acceptors (Lipinski definition) is 14. The number of fused-ring (bicyclic) bond motifs is 1. The monoisotopic (exact) mass is 768 g/mol. The molecule has 264 valence electrons. The van der Waals surface area contributed by atoms with Crippen LogP contribution in [0.25, 0.3) is 10.5 Å². The summed E-state index contributed by atoms with van der Waals surface area (Å²) in [5.41, 5.74) is -2.43. The number of carboxylic acid groups (broad SMARTS) is 3. The van der Waals surface area contributed by atoms with Crippen molar-refractivity contribution >= 4 is 90.2 Å². The molecule has 5 rings (SSSR count). The molecule has 50 heavy (non-hydrogen) atoms. The second-order valence-electron chi connectivity index (χ2n) is 10.6. The number of imide groups is 1. The van der Waals surface area contributed by atoms with E-state index in [1.807, 2.05) is 6.07 Å². The van der Waals surface area contributed by atoms with Crippen molar-refractivity contribution in [2.75, 3.05) is 23.7 Å². The molecule has 0 aliphatic carbocycles. The van der Waals surface area contributed by atoms with Crippen LogP contribution in [0, 0.1) is 10.1 Å². The summed E-state index contributed by atoms with van der Waals surface area (Å²) >= 11 is 2.15. The number of aromatic nitrogens is 2. The number of carbonyl (C=O) groups is 5. The molecule has 4 heterocycles. The van der Waals surface area contributed by atoms with Crippen molar-refractivity contribution < 1.29 is 56.7 Å². The van der Waals surface area contributed by atoms with E-state index in [0.29, 0.717) is 31.4 Å². The first-order chi connectivity index (χ1) is 23.5. The third-order valence-electron chi connectivity index (χ3n) is 7.00. The van der Waals surface area contributed by atoms with E-state index in [4.69, 9.17) is 9.52 Å². The predicted octanol–water partition coefficient (Wildman–Crippen LogP) is -0.0889. The van der Waals surface area contributed by atoms with Crippen LogP contribution in [0.2, 0.25) is 0 Å². The maximum Gasteiger partial charge on any atom is 0.323 e. The number of thiazole rings is 1. The summed E-state index contributed by atoms with van der Waals surface area (Å²) in [5, 5.41) is 27.7. The third kappa shape index (κ3) is 7.47. The Hall–Kier alpha value is -4.90. The van der Waals surface area contributed by atoms with E-state index in [0.717, 1.165) is 15.1 Å². The molecule has 1 saturated heterocycles. The van der Waals surface area contributed by atoms with E-state index in [-0.39, 0.29) is 33.9 Å². The number of oxazole rings is 1. The van der Waals surface area contributed by atoms with Crippen LogP contribution in [0.15, 0.2) is 54.3 Å². The number of nitrogens with zero attached hydrogens (tertiary/aromatic N) is 4. The molecule has 0 unspecified atom stereocenters. The fourth-order valence-electron chi connectivity index (χ4n) is 4.95. The molecule has 0 saturated carbocycles. The van der Waals surface area contributed by atoms with Gasteiger partial charge in [-0.3, -0.25) is 52.1 Å². The van der Waals surface area contributed by atoms with Gasteiger partial charge in [0.1, 0.15) is 29.2 Å². The highest BCUT2D eigenvalue weighted by Crippen LogP contribution is 2.46. The van der Waals surface area contributed by atoms with Crippen LogP contribution >= 0.6 is 34.9 Å². The number of hydrogen-bond donors (Lipinski definition) is 4. The number of aliphatic carboxylic acids is 3. The minimum Gasteiger partial charge on any atom is -0.480 e. The topological polar surface area (TPSA) is 264 Å². The van der Waals surface area contributed by atoms with E-state index in [1.54, 1.807) is 29.2 Å². The Bertz CT molecular complexity index is 2480. The molecule has 2 aromatic heterocycles. The average Bonchev–Trinajstić information content (AvgIpc) is 3.70. The van der Waals surface area contributed by atoms with Gasteiger partial charge in [-0.05, 0) is 48.9 Å². The minimum absolute atomic E-state index is 0.0490. The Morgan fingerprint density at radius 3 is 2.16 bits per heavy atom. The highest BCUT2D eigenvalue weighted by atomic mass is 32.2. The molecule has 0 bridgehead atoms. The van der Waals surface area contributed by atoms with Gasteiger partial charge in [0.2, 0.25) is 11.0 Å². The fourth-order valence-corrected chi connectivity index (χ4v) is 8.59. The smallest absolute Gasteiger partial charge is 0.323 e. The van der Waals surface area contributed by atoms with Crippen LogP contribution in [0.1, 0.15) is 13.3 Å². The summed E-state index contributed by atoms with van der Waals surface area (Å²) in [6, 6.07) is 7.19. The lowest BCUT2D eigenvalue weighted by molar-refractivity contribution is -0.140. The molecule has 0 radical (unpaired) electrons. The van der Waals surface area contributed by atoms with Crippen molar-refractivity contribution in [1.82, 2.24) is 14.0 Å². The molecule has 1 aromatic carbocycles. The normalized spacial score (nSPS) is 17.8. The van der Waals surface area contributed by atoms with Gasteiger partial charge in [-0.25, -0.2) is 0 Å². The first kappa shape index (κ1) is 36.4. The molecule has 1 fully saturated rings. The van der Waals surface area contributed by atoms with Gasteiger partial charge in [0.25, 0.3) is 32.4 Å². The van der Waals surface area contributed by atoms with Gasteiger partial charge in [0.05, 0.1) is 21.0 Å². The van der Waals surface area contributed by atoms with Gasteiger partial charge in [-0.2, -0.15) is 8.42 Å². The number of rotatable bonds is 11. The van der Waals surface area contributed by atoms with Gasteiger partial charge < -0.3 is 24.6 Å². The number of thioether (sulfide) groups is 2. The molecular weight excluding hydrogens is 745 g/mol. The minimum atomic E-state index is -4.23. The van der Waals surface area contributed by atoms with E-state index in [1.165, 1.54) is 18.7 Å². The first-order valence-corrected chi connectivity index (χ1v) is 18.1. The molecule has 2 amide bonds. The Morgan fingerprint density at radius 2 is 1.52 bits per heavy atom. The molecular formula is C28H24N4O14S4. The predicted molar refractivity (Wildman–Crippen MR) is 177 cm³/mol. The van der Waals surface area contributed by atoms with Crippen LogP contribution in [-0.4, -0.2) is 90.2 Å². The number of anilines is 1. The van der Waals surface area contributed by atoms with Crippen molar-refractivity contribution in [3.05, 3.63) is 76.2 Å². The Morgan fingerprint density at radius 1 is 0.880 bits per heavy atom. The van der Waals surface area contributed by atoms with Gasteiger partial charge in [0, 0.05) is 11.4 Å². The van der Waals surface area contributed by atoms with E-state index in [2.05, 4.69) is 0 Å². The number of carboxylic acids is 3. The molecule has 0 spiro atoms. The molecule has 0 atom stereocenters. The standard InChI is InChI=1S/C28H24N4O14S4/c1-13(9-16-29(7-4-8-50(43,44)45)14-5-2-3-6-15(14)47-16)21-24(40)31(11-18(35)36)27(48-21)20-23(39)30(10-17(33)34)26(46-20)22-25(41)32(12-19(37)38)28(42)49-22/h2-3,5-6,9H,4,7-8,10-12H2,1H3,(H,33,34)(H,35,36)(H,37,38)(H,43,44,45)/b16-9+,21-13-,26-22-,27-20-. The Labute approximate surface area is 291 Å². The van der Waals surface area contributed by atoms with Crippen molar-refractivity contribution in [3.8, 4) is 0 Å². The summed E-state index contributed by atoms with van der Waals surface area (Å²) < 4.78 is 38.4. The maximum atomic E-state index is 13.7. The Kier molecular flexibility index (Phi) is 10.3. The van der Waals surface area contributed by atoms with Crippen LogP contribution in [0.5, 0.6) is 0 Å². The molecule has 18 nitrogen and oxygen atoms in total. The summed E-state index contributed by atoms with van der Waals surface area (Å²) in [6.45, 7) is -1.35. The fraction of sp³-hybridized carbons (Fsp3) is 0.250. The lowest BCUT2D eigenvalue weighted by Crippen LogP contribution is -2.36. The third-order valence-corrected chi connectivity index (χ3v) is 11.2. The summed E-state index contributed by atoms with van der Waals surface area (Å²) in [4.78, 5) is 89.8. The molecule has 2 aliphatic rings. The zero-order chi connectivity index (χ0) is 36.7. The second kappa shape index (κ2) is 14.1. The van der Waals surface area contributed by atoms with E-state index >= 15 is 0 Å². The highest BCUT2D eigenvalue weighted by Gasteiger charge is 2.39. The summed E-state index contributed by atoms with van der Waals surface area (Å²) in [7, 11) is -4.23. The number of carbonyl (C=O) groups excluding carboxylic acids is 2. The largest absolute Gasteiger partial charge is 0.480 e. The van der Waals surface area contributed by atoms with Gasteiger partial charge >= 0.3 is 17.9 Å². The lowest BCUT2D eigenvalue weighted by Gasteiger charge is -2.20. The van der Waals surface area contributed by atoms with E-state index < -0.39 is 91.5 Å². The molecule has 4 N–H and O–H groups in total. The zero-order valence-electron chi connectivity index (χ0n) is 25.4. The van der Waals surface area contributed by atoms with E-state index in [9.17, 15) is 56.7 Å². The highest BCUT2D eigenvalue weighted by molar-refractivity contribution is 8.22. The summed E-state index contributed by atoms with van der Waals surface area (Å²) in [6.07, 6.45) is 1.66. The van der Waals surface area contributed by atoms with Crippen molar-refractivity contribution in [2.24, 2.45) is 0 Å². The first-order valence-electron chi connectivity index (χ1n) is 14.1. The van der Waals surface area contributed by atoms with Crippen molar-refractivity contribution in [3.63, 3.8) is 0 Å². The number of allylic oxidation sites excluding steroid dienone is 1. The second-order valence-corrected chi connectivity index (χ2v) is 15.1. The lowest BCUT2D eigenvalue weighted by atomic mass is 10.2. The summed E-state index contributed by atoms with van der Waals surface area (Å²) in [5.74, 6) is -6.25. The van der Waals surface area contributed by atoms with Crippen LogP contribution < -0.4 is 26.1 Å². The van der Waals surface area contributed by atoms with Crippen LogP contribution in [0.3, 0.4) is 0 Å². The number of amides is 2.